The first-order chi connectivity index (χ1) is 9.28. The molecule has 0 amide bonds. The maximum Gasteiger partial charge on any atom is 0.0614 e. The molecule has 0 aliphatic heterocycles. The zero-order valence-corrected chi connectivity index (χ0v) is 14.4. The van der Waals surface area contributed by atoms with Crippen LogP contribution in [0.5, 0.6) is 0 Å². The zero-order chi connectivity index (χ0) is 15.3. The summed E-state index contributed by atoms with van der Waals surface area (Å²) in [5, 5.41) is 13.5. The topological polar surface area (TPSA) is 35.5 Å². The molecule has 120 valence electrons. The van der Waals surface area contributed by atoms with E-state index in [-0.39, 0.29) is 12.1 Å². The van der Waals surface area contributed by atoms with Gasteiger partial charge in [0.1, 0.15) is 0 Å². The summed E-state index contributed by atoms with van der Waals surface area (Å²) >= 11 is 0. The lowest BCUT2D eigenvalue weighted by atomic mass is 9.96. The lowest BCUT2D eigenvalue weighted by Gasteiger charge is -2.35. The molecular formula is C17H36N2O. The first-order valence-corrected chi connectivity index (χ1v) is 8.40. The SMILES string of the molecule is CC(C)CN(CC(C)C)C1CCC(CO)(NC(C)C)C1. The molecule has 2 atom stereocenters. The highest BCUT2D eigenvalue weighted by atomic mass is 16.3. The molecule has 0 bridgehead atoms. The Hall–Kier alpha value is -0.120. The van der Waals surface area contributed by atoms with Gasteiger partial charge in [-0.2, -0.15) is 0 Å². The van der Waals surface area contributed by atoms with E-state index in [9.17, 15) is 5.11 Å². The van der Waals surface area contributed by atoms with Crippen molar-refractivity contribution < 1.29 is 5.11 Å². The van der Waals surface area contributed by atoms with Gasteiger partial charge in [-0.15, -0.1) is 0 Å². The van der Waals surface area contributed by atoms with Gasteiger partial charge in [0.15, 0.2) is 0 Å². The molecule has 0 radical (unpaired) electrons. The van der Waals surface area contributed by atoms with Gasteiger partial charge in [0, 0.05) is 30.7 Å². The Balaban J connectivity index is 2.69. The van der Waals surface area contributed by atoms with Crippen molar-refractivity contribution in [1.29, 1.82) is 0 Å². The van der Waals surface area contributed by atoms with Crippen LogP contribution in [0.4, 0.5) is 0 Å². The summed E-state index contributed by atoms with van der Waals surface area (Å²) in [6, 6.07) is 1.06. The normalized spacial score (nSPS) is 27.4. The molecule has 1 rings (SSSR count). The molecule has 0 heterocycles. The van der Waals surface area contributed by atoms with Crippen molar-refractivity contribution in [3.63, 3.8) is 0 Å². The first kappa shape index (κ1) is 17.9. The van der Waals surface area contributed by atoms with Gasteiger partial charge in [-0.1, -0.05) is 41.5 Å². The Kier molecular flexibility index (Phi) is 6.96. The van der Waals surface area contributed by atoms with Crippen LogP contribution in [0.15, 0.2) is 0 Å². The van der Waals surface area contributed by atoms with Crippen molar-refractivity contribution in [2.75, 3.05) is 19.7 Å². The molecule has 0 saturated heterocycles. The van der Waals surface area contributed by atoms with Crippen LogP contribution in [0.3, 0.4) is 0 Å². The van der Waals surface area contributed by atoms with E-state index >= 15 is 0 Å². The van der Waals surface area contributed by atoms with Crippen molar-refractivity contribution in [1.82, 2.24) is 10.2 Å². The van der Waals surface area contributed by atoms with Crippen LogP contribution in [0.25, 0.3) is 0 Å². The van der Waals surface area contributed by atoms with Gasteiger partial charge < -0.3 is 10.4 Å². The fourth-order valence-electron chi connectivity index (χ4n) is 3.65. The molecule has 2 N–H and O–H groups in total. The second-order valence-corrected chi connectivity index (χ2v) is 7.88. The maximum absolute atomic E-state index is 9.85. The summed E-state index contributed by atoms with van der Waals surface area (Å²) in [5.74, 6) is 1.41. The number of aliphatic hydroxyl groups is 1. The molecule has 1 aliphatic rings. The molecular weight excluding hydrogens is 248 g/mol. The minimum Gasteiger partial charge on any atom is -0.394 e. The number of rotatable bonds is 8. The van der Waals surface area contributed by atoms with Crippen LogP contribution >= 0.6 is 0 Å². The van der Waals surface area contributed by atoms with Crippen molar-refractivity contribution >= 4 is 0 Å². The van der Waals surface area contributed by atoms with Crippen molar-refractivity contribution in [2.24, 2.45) is 11.8 Å². The van der Waals surface area contributed by atoms with E-state index < -0.39 is 0 Å². The molecule has 1 saturated carbocycles. The largest absolute Gasteiger partial charge is 0.394 e. The van der Waals surface area contributed by atoms with Crippen LogP contribution in [0.1, 0.15) is 60.8 Å². The van der Waals surface area contributed by atoms with Crippen molar-refractivity contribution in [3.8, 4) is 0 Å². The van der Waals surface area contributed by atoms with Crippen LogP contribution < -0.4 is 5.32 Å². The van der Waals surface area contributed by atoms with Crippen molar-refractivity contribution in [3.05, 3.63) is 0 Å². The van der Waals surface area contributed by atoms with Gasteiger partial charge in [0.2, 0.25) is 0 Å². The Morgan fingerprint density at radius 2 is 1.65 bits per heavy atom. The molecule has 1 aliphatic carbocycles. The Morgan fingerprint density at radius 3 is 2.05 bits per heavy atom. The number of hydrogen-bond acceptors (Lipinski definition) is 3. The van der Waals surface area contributed by atoms with E-state index in [0.717, 1.165) is 12.8 Å². The molecule has 20 heavy (non-hydrogen) atoms. The minimum atomic E-state index is -0.0506. The predicted octanol–water partition coefficient (Wildman–Crippen LogP) is 2.88. The molecule has 2 unspecified atom stereocenters. The third-order valence-electron chi connectivity index (χ3n) is 4.20. The Labute approximate surface area is 126 Å². The smallest absolute Gasteiger partial charge is 0.0614 e. The summed E-state index contributed by atoms with van der Waals surface area (Å²) in [5.41, 5.74) is -0.0506. The van der Waals surface area contributed by atoms with E-state index in [1.165, 1.54) is 19.5 Å². The van der Waals surface area contributed by atoms with Gasteiger partial charge >= 0.3 is 0 Å². The highest BCUT2D eigenvalue weighted by Crippen LogP contribution is 2.34. The van der Waals surface area contributed by atoms with Gasteiger partial charge in [0.05, 0.1) is 6.61 Å². The molecule has 0 aromatic heterocycles. The lowest BCUT2D eigenvalue weighted by molar-refractivity contribution is 0.123. The quantitative estimate of drug-likeness (QED) is 0.719. The van der Waals surface area contributed by atoms with Crippen LogP contribution in [-0.2, 0) is 0 Å². The fourth-order valence-corrected chi connectivity index (χ4v) is 3.65. The fraction of sp³-hybridized carbons (Fsp3) is 1.00. The molecule has 0 aromatic carbocycles. The highest BCUT2D eigenvalue weighted by molar-refractivity contribution is 5.00. The lowest BCUT2D eigenvalue weighted by Crippen LogP contribution is -2.51. The number of nitrogens with zero attached hydrogens (tertiary/aromatic N) is 1. The van der Waals surface area contributed by atoms with Crippen LogP contribution in [0, 0.1) is 11.8 Å². The van der Waals surface area contributed by atoms with Gasteiger partial charge in [-0.3, -0.25) is 4.90 Å². The van der Waals surface area contributed by atoms with Crippen LogP contribution in [-0.4, -0.2) is 47.3 Å². The minimum absolute atomic E-state index is 0.0506. The monoisotopic (exact) mass is 284 g/mol. The summed E-state index contributed by atoms with van der Waals surface area (Å²) in [4.78, 5) is 2.66. The highest BCUT2D eigenvalue weighted by Gasteiger charge is 2.41. The average Bonchev–Trinajstić information content (AvgIpc) is 2.71. The Bertz CT molecular complexity index is 268. The molecule has 3 nitrogen and oxygen atoms in total. The standard InChI is InChI=1S/C17H36N2O/c1-13(2)10-19(11-14(3)4)16-7-8-17(9-16,12-20)18-15(5)6/h13-16,18,20H,7-12H2,1-6H3. The molecule has 1 fully saturated rings. The third kappa shape index (κ3) is 5.34. The maximum atomic E-state index is 9.85. The van der Waals surface area contributed by atoms with Gasteiger partial charge in [-0.05, 0) is 31.1 Å². The number of nitrogens with one attached hydrogen (secondary N) is 1. The first-order valence-electron chi connectivity index (χ1n) is 8.40. The molecule has 3 heteroatoms. The molecule has 0 aromatic rings. The summed E-state index contributed by atoms with van der Waals surface area (Å²) < 4.78 is 0. The van der Waals surface area contributed by atoms with Crippen molar-refractivity contribution in [2.45, 2.75) is 78.4 Å². The number of hydrogen-bond donors (Lipinski definition) is 2. The van der Waals surface area contributed by atoms with E-state index in [0.29, 0.717) is 23.9 Å². The van der Waals surface area contributed by atoms with E-state index in [2.05, 4.69) is 51.8 Å². The summed E-state index contributed by atoms with van der Waals surface area (Å²) in [6.45, 7) is 16.1. The number of aliphatic hydroxyl groups excluding tert-OH is 1. The summed E-state index contributed by atoms with van der Waals surface area (Å²) in [7, 11) is 0. The van der Waals surface area contributed by atoms with Gasteiger partial charge in [-0.25, -0.2) is 0 Å². The summed E-state index contributed by atoms with van der Waals surface area (Å²) in [6.07, 6.45) is 3.39. The van der Waals surface area contributed by atoms with Gasteiger partial charge in [0.25, 0.3) is 0 Å². The van der Waals surface area contributed by atoms with Crippen LogP contribution in [0.2, 0.25) is 0 Å². The second-order valence-electron chi connectivity index (χ2n) is 7.88. The second kappa shape index (κ2) is 7.77. The van der Waals surface area contributed by atoms with E-state index in [1.54, 1.807) is 0 Å². The third-order valence-corrected chi connectivity index (χ3v) is 4.20. The average molecular weight is 284 g/mol. The molecule has 0 spiro atoms. The van der Waals surface area contributed by atoms with E-state index in [1.807, 2.05) is 0 Å². The van der Waals surface area contributed by atoms with E-state index in [4.69, 9.17) is 0 Å². The Morgan fingerprint density at radius 1 is 1.10 bits per heavy atom. The zero-order valence-electron chi connectivity index (χ0n) is 14.4. The predicted molar refractivity (Wildman–Crippen MR) is 87.0 cm³/mol.